The van der Waals surface area contributed by atoms with Gasteiger partial charge < -0.3 is 4.74 Å². The zero-order chi connectivity index (χ0) is 9.31. The van der Waals surface area contributed by atoms with E-state index in [1.807, 2.05) is 0 Å². The minimum Gasteiger partial charge on any atom is -0.367 e. The largest absolute Gasteiger partial charge is 0.367 e. The average molecular weight is 176 g/mol. The van der Waals surface area contributed by atoms with Crippen LogP contribution < -0.4 is 0 Å². The lowest BCUT2D eigenvalue weighted by Gasteiger charge is -2.04. The first-order valence-electron chi connectivity index (χ1n) is 4.92. The van der Waals surface area contributed by atoms with Crippen molar-refractivity contribution in [1.82, 2.24) is 0 Å². The lowest BCUT2D eigenvalue weighted by atomic mass is 9.99. The van der Waals surface area contributed by atoms with Gasteiger partial charge in [0.15, 0.2) is 0 Å². The molecule has 1 fully saturated rings. The molecule has 1 heterocycles. The van der Waals surface area contributed by atoms with Crippen molar-refractivity contribution in [2.45, 2.75) is 38.4 Å². The van der Waals surface area contributed by atoms with Crippen LogP contribution in [0.25, 0.3) is 0 Å². The van der Waals surface area contributed by atoms with Gasteiger partial charge in [-0.25, -0.2) is 0 Å². The van der Waals surface area contributed by atoms with Gasteiger partial charge in [0.1, 0.15) is 0 Å². The molecule has 1 nitrogen and oxygen atoms in total. The molecule has 2 unspecified atom stereocenters. The topological polar surface area (TPSA) is 12.5 Å². The van der Waals surface area contributed by atoms with E-state index >= 15 is 0 Å². The van der Waals surface area contributed by atoms with Crippen LogP contribution in [0.4, 0.5) is 0 Å². The number of rotatable bonds is 3. The third-order valence-corrected chi connectivity index (χ3v) is 3.00. The van der Waals surface area contributed by atoms with Gasteiger partial charge in [-0.05, 0) is 32.3 Å². The van der Waals surface area contributed by atoms with Gasteiger partial charge in [-0.1, -0.05) is 30.3 Å². The highest BCUT2D eigenvalue weighted by Crippen LogP contribution is 2.39. The summed E-state index contributed by atoms with van der Waals surface area (Å²) < 4.78 is 5.53. The van der Waals surface area contributed by atoms with E-state index in [0.717, 1.165) is 12.8 Å². The molecule has 1 heteroatoms. The molecule has 0 bridgehead atoms. The minimum absolute atomic E-state index is 0.163. The Balaban J connectivity index is 1.87. The summed E-state index contributed by atoms with van der Waals surface area (Å²) in [6.07, 6.45) is 2.72. The maximum atomic E-state index is 5.53. The van der Waals surface area contributed by atoms with Crippen molar-refractivity contribution in [2.24, 2.45) is 0 Å². The van der Waals surface area contributed by atoms with Gasteiger partial charge in [0.2, 0.25) is 0 Å². The molecule has 1 aliphatic rings. The molecule has 0 saturated carbocycles. The van der Waals surface area contributed by atoms with E-state index in [2.05, 4.69) is 44.2 Å². The Morgan fingerprint density at radius 2 is 1.92 bits per heavy atom. The van der Waals surface area contributed by atoms with E-state index in [4.69, 9.17) is 4.74 Å². The van der Waals surface area contributed by atoms with Crippen LogP contribution in [0, 0.1) is 0 Å². The Hall–Kier alpha value is -0.820. The van der Waals surface area contributed by atoms with Crippen molar-refractivity contribution < 1.29 is 4.74 Å². The molecule has 1 aromatic carbocycles. The SMILES string of the molecule is CC1OC1(C)CCc1ccccc1. The predicted molar refractivity (Wildman–Crippen MR) is 53.7 cm³/mol. The third kappa shape index (κ3) is 1.92. The van der Waals surface area contributed by atoms with Gasteiger partial charge in [-0.3, -0.25) is 0 Å². The Morgan fingerprint density at radius 3 is 2.46 bits per heavy atom. The summed E-state index contributed by atoms with van der Waals surface area (Å²) in [4.78, 5) is 0. The van der Waals surface area contributed by atoms with Crippen LogP contribution in [0.5, 0.6) is 0 Å². The van der Waals surface area contributed by atoms with Gasteiger partial charge >= 0.3 is 0 Å². The Labute approximate surface area is 79.7 Å². The van der Waals surface area contributed by atoms with Crippen LogP contribution in [0.2, 0.25) is 0 Å². The van der Waals surface area contributed by atoms with Gasteiger partial charge in [-0.2, -0.15) is 0 Å². The number of aryl methyl sites for hydroxylation is 1. The molecule has 0 spiro atoms. The first-order chi connectivity index (χ1) is 6.21. The normalized spacial score (nSPS) is 31.7. The van der Waals surface area contributed by atoms with Crippen LogP contribution in [0.3, 0.4) is 0 Å². The fraction of sp³-hybridized carbons (Fsp3) is 0.500. The molecule has 2 atom stereocenters. The molecule has 2 rings (SSSR count). The van der Waals surface area contributed by atoms with Crippen molar-refractivity contribution in [3.63, 3.8) is 0 Å². The molecule has 1 saturated heterocycles. The molecule has 0 amide bonds. The first kappa shape index (κ1) is 8.76. The van der Waals surface area contributed by atoms with E-state index in [9.17, 15) is 0 Å². The summed E-state index contributed by atoms with van der Waals surface area (Å²) >= 11 is 0. The van der Waals surface area contributed by atoms with Gasteiger partial charge in [0.25, 0.3) is 0 Å². The van der Waals surface area contributed by atoms with E-state index in [1.54, 1.807) is 0 Å². The minimum atomic E-state index is 0.163. The number of ether oxygens (including phenoxy) is 1. The fourth-order valence-corrected chi connectivity index (χ4v) is 1.67. The molecule has 0 aromatic heterocycles. The van der Waals surface area contributed by atoms with E-state index in [0.29, 0.717) is 6.10 Å². The number of benzene rings is 1. The standard InChI is InChI=1S/C12H16O/c1-10-12(2,13-10)9-8-11-6-4-3-5-7-11/h3-7,10H,8-9H2,1-2H3. The third-order valence-electron chi connectivity index (χ3n) is 3.00. The van der Waals surface area contributed by atoms with Crippen molar-refractivity contribution in [3.05, 3.63) is 35.9 Å². The average Bonchev–Trinajstić information content (AvgIpc) is 2.74. The molecule has 1 aromatic rings. The number of hydrogen-bond acceptors (Lipinski definition) is 1. The summed E-state index contributed by atoms with van der Waals surface area (Å²) in [5.74, 6) is 0. The predicted octanol–water partition coefficient (Wildman–Crippen LogP) is 2.80. The summed E-state index contributed by atoms with van der Waals surface area (Å²) in [6, 6.07) is 10.6. The lowest BCUT2D eigenvalue weighted by molar-refractivity contribution is 0.299. The van der Waals surface area contributed by atoms with Gasteiger partial charge in [-0.15, -0.1) is 0 Å². The van der Waals surface area contributed by atoms with Crippen molar-refractivity contribution >= 4 is 0 Å². The van der Waals surface area contributed by atoms with E-state index in [1.165, 1.54) is 5.56 Å². The Morgan fingerprint density at radius 1 is 1.31 bits per heavy atom. The lowest BCUT2D eigenvalue weighted by Crippen LogP contribution is -2.09. The molecule has 0 N–H and O–H groups in total. The molecule has 0 aliphatic carbocycles. The van der Waals surface area contributed by atoms with Crippen LogP contribution in [-0.4, -0.2) is 11.7 Å². The smallest absolute Gasteiger partial charge is 0.0920 e. The van der Waals surface area contributed by atoms with E-state index < -0.39 is 0 Å². The highest BCUT2D eigenvalue weighted by molar-refractivity contribution is 5.15. The molecule has 1 aliphatic heterocycles. The molecule has 0 radical (unpaired) electrons. The van der Waals surface area contributed by atoms with Gasteiger partial charge in [0, 0.05) is 0 Å². The van der Waals surface area contributed by atoms with Crippen molar-refractivity contribution in [2.75, 3.05) is 0 Å². The highest BCUT2D eigenvalue weighted by atomic mass is 16.6. The van der Waals surface area contributed by atoms with Crippen LogP contribution in [0.15, 0.2) is 30.3 Å². The first-order valence-corrected chi connectivity index (χ1v) is 4.92. The summed E-state index contributed by atoms with van der Waals surface area (Å²) in [5.41, 5.74) is 1.57. The molecular formula is C12H16O. The maximum absolute atomic E-state index is 5.53. The van der Waals surface area contributed by atoms with Crippen LogP contribution in [-0.2, 0) is 11.2 Å². The zero-order valence-electron chi connectivity index (χ0n) is 8.29. The number of epoxide rings is 1. The summed E-state index contributed by atoms with van der Waals surface area (Å²) in [5, 5.41) is 0. The monoisotopic (exact) mass is 176 g/mol. The quantitative estimate of drug-likeness (QED) is 0.645. The second kappa shape index (κ2) is 3.15. The molecular weight excluding hydrogens is 160 g/mol. The Bertz CT molecular complexity index is 280. The van der Waals surface area contributed by atoms with Crippen molar-refractivity contribution in [1.29, 1.82) is 0 Å². The molecule has 70 valence electrons. The van der Waals surface area contributed by atoms with Crippen LogP contribution >= 0.6 is 0 Å². The fourth-order valence-electron chi connectivity index (χ4n) is 1.67. The van der Waals surface area contributed by atoms with Crippen LogP contribution in [0.1, 0.15) is 25.8 Å². The maximum Gasteiger partial charge on any atom is 0.0920 e. The zero-order valence-corrected chi connectivity index (χ0v) is 8.29. The summed E-state index contributed by atoms with van der Waals surface area (Å²) in [6.45, 7) is 4.34. The molecule has 13 heavy (non-hydrogen) atoms. The Kier molecular flexibility index (Phi) is 2.12. The van der Waals surface area contributed by atoms with E-state index in [-0.39, 0.29) is 5.60 Å². The van der Waals surface area contributed by atoms with Crippen molar-refractivity contribution in [3.8, 4) is 0 Å². The second-order valence-electron chi connectivity index (χ2n) is 4.06. The number of hydrogen-bond donors (Lipinski definition) is 0. The summed E-state index contributed by atoms with van der Waals surface area (Å²) in [7, 11) is 0. The second-order valence-corrected chi connectivity index (χ2v) is 4.06. The highest BCUT2D eigenvalue weighted by Gasteiger charge is 2.47. The van der Waals surface area contributed by atoms with Gasteiger partial charge in [0.05, 0.1) is 11.7 Å².